The van der Waals surface area contributed by atoms with Crippen molar-refractivity contribution in [2.75, 3.05) is 0 Å². The van der Waals surface area contributed by atoms with E-state index in [-0.39, 0.29) is 11.4 Å². The third-order valence-corrected chi connectivity index (χ3v) is 3.13. The third-order valence-electron chi connectivity index (χ3n) is 2.41. The average Bonchev–Trinajstić information content (AvgIpc) is 2.63. The predicted molar refractivity (Wildman–Crippen MR) is 52.0 cm³/mol. The zero-order valence-corrected chi connectivity index (χ0v) is 8.57. The van der Waals surface area contributed by atoms with Gasteiger partial charge in [-0.2, -0.15) is 4.37 Å². The molecular weight excluding hydrogens is 184 g/mol. The van der Waals surface area contributed by atoms with Crippen LogP contribution >= 0.6 is 11.5 Å². The molecule has 1 aromatic heterocycles. The number of nitrogens with zero attached hydrogens (tertiary/aromatic N) is 1. The highest BCUT2D eigenvalue weighted by atomic mass is 32.1. The average molecular weight is 196 g/mol. The molecule has 70 valence electrons. The highest BCUT2D eigenvalue weighted by molar-refractivity contribution is 7.03. The highest BCUT2D eigenvalue weighted by Gasteiger charge is 2.39. The second-order valence-electron chi connectivity index (χ2n) is 3.83. The number of aryl methyl sites for hydroxylation is 1. The lowest BCUT2D eigenvalue weighted by molar-refractivity contribution is 0.0935. The molecule has 2 rings (SSSR count). The number of carbonyl (C=O) groups is 1. The summed E-state index contributed by atoms with van der Waals surface area (Å²) in [5, 5.41) is 4.80. The van der Waals surface area contributed by atoms with Crippen molar-refractivity contribution in [2.45, 2.75) is 32.2 Å². The standard InChI is InChI=1S/C9H12N2OS/c1-6-7(5-13-11-6)8(12)10-9(2)3-4-9/h5H,3-4H2,1-2H3,(H,10,12). The lowest BCUT2D eigenvalue weighted by Crippen LogP contribution is -2.34. The molecule has 3 nitrogen and oxygen atoms in total. The van der Waals surface area contributed by atoms with Crippen LogP contribution in [0.25, 0.3) is 0 Å². The van der Waals surface area contributed by atoms with E-state index >= 15 is 0 Å². The molecule has 1 fully saturated rings. The van der Waals surface area contributed by atoms with Crippen LogP contribution in [0.1, 0.15) is 35.8 Å². The van der Waals surface area contributed by atoms with Gasteiger partial charge in [-0.25, -0.2) is 0 Å². The summed E-state index contributed by atoms with van der Waals surface area (Å²) in [6, 6.07) is 0. The molecule has 0 atom stereocenters. The Bertz CT molecular complexity index is 341. The van der Waals surface area contributed by atoms with Gasteiger partial charge in [0.25, 0.3) is 5.91 Å². The second kappa shape index (κ2) is 2.80. The maximum Gasteiger partial charge on any atom is 0.254 e. The zero-order valence-electron chi connectivity index (χ0n) is 7.76. The van der Waals surface area contributed by atoms with Crippen molar-refractivity contribution in [3.8, 4) is 0 Å². The quantitative estimate of drug-likeness (QED) is 0.782. The van der Waals surface area contributed by atoms with Gasteiger partial charge >= 0.3 is 0 Å². The maximum atomic E-state index is 11.6. The van der Waals surface area contributed by atoms with Gasteiger partial charge in [0.05, 0.1) is 11.3 Å². The number of rotatable bonds is 2. The zero-order chi connectivity index (χ0) is 9.47. The molecule has 1 saturated carbocycles. The molecule has 1 heterocycles. The molecule has 0 aromatic carbocycles. The van der Waals surface area contributed by atoms with Gasteiger partial charge < -0.3 is 5.32 Å². The van der Waals surface area contributed by atoms with Crippen LogP contribution in [0.3, 0.4) is 0 Å². The van der Waals surface area contributed by atoms with E-state index in [0.717, 1.165) is 24.1 Å². The van der Waals surface area contributed by atoms with E-state index in [9.17, 15) is 4.79 Å². The van der Waals surface area contributed by atoms with Gasteiger partial charge in [0.2, 0.25) is 0 Å². The minimum atomic E-state index is 0.0197. The van der Waals surface area contributed by atoms with Crippen LogP contribution in [-0.4, -0.2) is 15.8 Å². The lowest BCUT2D eigenvalue weighted by atomic mass is 10.2. The van der Waals surface area contributed by atoms with Crippen molar-refractivity contribution in [1.29, 1.82) is 0 Å². The Morgan fingerprint density at radius 2 is 2.38 bits per heavy atom. The van der Waals surface area contributed by atoms with Gasteiger partial charge in [-0.05, 0) is 38.2 Å². The summed E-state index contributed by atoms with van der Waals surface area (Å²) in [5.41, 5.74) is 1.61. The van der Waals surface area contributed by atoms with Crippen molar-refractivity contribution in [3.63, 3.8) is 0 Å². The minimum absolute atomic E-state index is 0.0197. The molecule has 0 saturated heterocycles. The molecule has 1 amide bonds. The van der Waals surface area contributed by atoms with Crippen molar-refractivity contribution < 1.29 is 4.79 Å². The molecule has 1 aliphatic carbocycles. The van der Waals surface area contributed by atoms with Gasteiger partial charge in [-0.1, -0.05) is 0 Å². The Hall–Kier alpha value is -0.900. The van der Waals surface area contributed by atoms with Gasteiger partial charge in [0, 0.05) is 10.9 Å². The summed E-state index contributed by atoms with van der Waals surface area (Å²) in [7, 11) is 0. The predicted octanol–water partition coefficient (Wildman–Crippen LogP) is 1.73. The summed E-state index contributed by atoms with van der Waals surface area (Å²) in [6.45, 7) is 3.93. The molecule has 1 aliphatic rings. The molecule has 0 radical (unpaired) electrons. The van der Waals surface area contributed by atoms with Gasteiger partial charge in [-0.15, -0.1) is 0 Å². The molecule has 1 aromatic rings. The minimum Gasteiger partial charge on any atom is -0.347 e. The topological polar surface area (TPSA) is 42.0 Å². The Kier molecular flexibility index (Phi) is 1.87. The summed E-state index contributed by atoms with van der Waals surface area (Å²) < 4.78 is 4.07. The number of hydrogen-bond acceptors (Lipinski definition) is 3. The van der Waals surface area contributed by atoms with Crippen molar-refractivity contribution in [1.82, 2.24) is 9.69 Å². The highest BCUT2D eigenvalue weighted by Crippen LogP contribution is 2.34. The summed E-state index contributed by atoms with van der Waals surface area (Å²) in [6.07, 6.45) is 2.19. The Morgan fingerprint density at radius 1 is 1.69 bits per heavy atom. The molecule has 0 aliphatic heterocycles. The second-order valence-corrected chi connectivity index (χ2v) is 4.46. The monoisotopic (exact) mass is 196 g/mol. The Morgan fingerprint density at radius 3 is 2.85 bits per heavy atom. The maximum absolute atomic E-state index is 11.6. The fraction of sp³-hybridized carbons (Fsp3) is 0.556. The summed E-state index contributed by atoms with van der Waals surface area (Å²) >= 11 is 1.33. The fourth-order valence-corrected chi connectivity index (χ4v) is 1.86. The van der Waals surface area contributed by atoms with Crippen LogP contribution in [0.15, 0.2) is 5.38 Å². The first-order chi connectivity index (χ1) is 6.11. The molecule has 0 bridgehead atoms. The first-order valence-electron chi connectivity index (χ1n) is 4.34. The Labute approximate surface area is 81.3 Å². The number of aromatic nitrogens is 1. The van der Waals surface area contributed by atoms with E-state index < -0.39 is 0 Å². The largest absolute Gasteiger partial charge is 0.347 e. The number of nitrogens with one attached hydrogen (secondary N) is 1. The molecule has 1 N–H and O–H groups in total. The Balaban J connectivity index is 2.09. The van der Waals surface area contributed by atoms with E-state index in [4.69, 9.17) is 0 Å². The first-order valence-corrected chi connectivity index (χ1v) is 5.18. The first kappa shape index (κ1) is 8.69. The van der Waals surface area contributed by atoms with Gasteiger partial charge in [0.1, 0.15) is 0 Å². The van der Waals surface area contributed by atoms with E-state index in [0.29, 0.717) is 0 Å². The normalized spacial score (nSPS) is 18.3. The number of hydrogen-bond donors (Lipinski definition) is 1. The van der Waals surface area contributed by atoms with Gasteiger partial charge in [-0.3, -0.25) is 4.79 Å². The van der Waals surface area contributed by atoms with Crippen LogP contribution in [-0.2, 0) is 0 Å². The summed E-state index contributed by atoms with van der Waals surface area (Å²) in [5.74, 6) is 0.0197. The van der Waals surface area contributed by atoms with Crippen LogP contribution < -0.4 is 5.32 Å². The SMILES string of the molecule is Cc1nscc1C(=O)NC1(C)CC1. The number of amides is 1. The van der Waals surface area contributed by atoms with E-state index in [1.165, 1.54) is 11.5 Å². The van der Waals surface area contributed by atoms with E-state index in [2.05, 4.69) is 16.6 Å². The van der Waals surface area contributed by atoms with Crippen LogP contribution in [0.4, 0.5) is 0 Å². The molecule has 0 unspecified atom stereocenters. The van der Waals surface area contributed by atoms with Crippen LogP contribution in [0.5, 0.6) is 0 Å². The van der Waals surface area contributed by atoms with Crippen molar-refractivity contribution in [3.05, 3.63) is 16.6 Å². The molecule has 13 heavy (non-hydrogen) atoms. The fourth-order valence-electron chi connectivity index (χ4n) is 1.16. The van der Waals surface area contributed by atoms with Crippen molar-refractivity contribution in [2.24, 2.45) is 0 Å². The van der Waals surface area contributed by atoms with Crippen LogP contribution in [0, 0.1) is 6.92 Å². The van der Waals surface area contributed by atoms with Gasteiger partial charge in [0.15, 0.2) is 0 Å². The third kappa shape index (κ3) is 1.72. The van der Waals surface area contributed by atoms with Crippen molar-refractivity contribution >= 4 is 17.4 Å². The molecule has 0 spiro atoms. The number of carbonyl (C=O) groups excluding carboxylic acids is 1. The molecular formula is C9H12N2OS. The molecule has 4 heteroatoms. The van der Waals surface area contributed by atoms with E-state index in [1.54, 1.807) is 5.38 Å². The lowest BCUT2D eigenvalue weighted by Gasteiger charge is -2.10. The summed E-state index contributed by atoms with van der Waals surface area (Å²) in [4.78, 5) is 11.6. The smallest absolute Gasteiger partial charge is 0.254 e. The van der Waals surface area contributed by atoms with E-state index in [1.807, 2.05) is 6.92 Å². The van der Waals surface area contributed by atoms with Crippen LogP contribution in [0.2, 0.25) is 0 Å².